The van der Waals surface area contributed by atoms with E-state index in [0.29, 0.717) is 30.5 Å². The van der Waals surface area contributed by atoms with E-state index in [1.54, 1.807) is 24.4 Å². The molecule has 2 aromatic rings. The van der Waals surface area contributed by atoms with Crippen LogP contribution in [0.15, 0.2) is 41.3 Å². The van der Waals surface area contributed by atoms with Gasteiger partial charge in [-0.15, -0.1) is 0 Å². The molecule has 0 aromatic carbocycles. The molecule has 0 radical (unpaired) electrons. The Labute approximate surface area is 170 Å². The predicted molar refractivity (Wildman–Crippen MR) is 110 cm³/mol. The Bertz CT molecular complexity index is 879. The van der Waals surface area contributed by atoms with E-state index in [0.717, 1.165) is 44.6 Å². The van der Waals surface area contributed by atoms with Crippen LogP contribution in [0.3, 0.4) is 0 Å². The number of rotatable bonds is 8. The minimum Gasteiger partial charge on any atom is -0.357 e. The number of carbonyl (C=O) groups excluding carboxylic acids is 1. The van der Waals surface area contributed by atoms with Crippen LogP contribution in [-0.4, -0.2) is 53.2 Å². The summed E-state index contributed by atoms with van der Waals surface area (Å²) in [6, 6.07) is 8.98. The van der Waals surface area contributed by atoms with Crippen LogP contribution < -0.4 is 10.9 Å². The highest BCUT2D eigenvalue weighted by Gasteiger charge is 2.40. The molecule has 0 saturated carbocycles. The second kappa shape index (κ2) is 8.95. The Morgan fingerprint density at radius 1 is 1.17 bits per heavy atom. The molecule has 4 rings (SSSR count). The lowest BCUT2D eigenvalue weighted by atomic mass is 9.78. The Kier molecular flexibility index (Phi) is 6.13. The maximum atomic E-state index is 12.7. The van der Waals surface area contributed by atoms with Crippen LogP contribution in [-0.2, 0) is 0 Å². The van der Waals surface area contributed by atoms with E-state index in [1.165, 1.54) is 0 Å². The molecule has 4 heterocycles. The van der Waals surface area contributed by atoms with Gasteiger partial charge in [0.05, 0.1) is 12.7 Å². The molecule has 0 aliphatic carbocycles. The molecule has 2 N–H and O–H groups in total. The molecule has 7 heteroatoms. The van der Waals surface area contributed by atoms with Gasteiger partial charge < -0.3 is 19.8 Å². The molecule has 0 unspecified atom stereocenters. The van der Waals surface area contributed by atoms with Crippen molar-refractivity contribution in [2.75, 3.05) is 32.9 Å². The van der Waals surface area contributed by atoms with Crippen LogP contribution in [0, 0.1) is 5.92 Å². The van der Waals surface area contributed by atoms with Gasteiger partial charge in [0.15, 0.2) is 0 Å². The van der Waals surface area contributed by atoms with Crippen molar-refractivity contribution in [1.29, 1.82) is 0 Å². The lowest BCUT2D eigenvalue weighted by Gasteiger charge is -2.47. The number of hydrogen-bond donors (Lipinski definition) is 2. The summed E-state index contributed by atoms with van der Waals surface area (Å²) in [5, 5.41) is 3.01. The molecule has 1 amide bonds. The maximum absolute atomic E-state index is 12.7. The van der Waals surface area contributed by atoms with E-state index in [-0.39, 0.29) is 24.2 Å². The van der Waals surface area contributed by atoms with Crippen LogP contribution >= 0.6 is 0 Å². The van der Waals surface area contributed by atoms with Gasteiger partial charge >= 0.3 is 0 Å². The fourth-order valence-corrected chi connectivity index (χ4v) is 4.95. The number of alkyl halides is 1. The van der Waals surface area contributed by atoms with Crippen LogP contribution in [0.25, 0.3) is 0 Å². The highest BCUT2D eigenvalue weighted by molar-refractivity contribution is 5.92. The summed E-state index contributed by atoms with van der Waals surface area (Å²) in [6.07, 6.45) is 5.30. The van der Waals surface area contributed by atoms with Crippen molar-refractivity contribution in [2.45, 2.75) is 37.6 Å². The zero-order chi connectivity index (χ0) is 20.2. The lowest BCUT2D eigenvalue weighted by molar-refractivity contribution is 0.0810. The number of fused-ring (bicyclic) bond motifs is 4. The number of nitrogens with one attached hydrogen (secondary N) is 2. The first-order chi connectivity index (χ1) is 14.2. The van der Waals surface area contributed by atoms with E-state index in [2.05, 4.69) is 21.3 Å². The summed E-state index contributed by atoms with van der Waals surface area (Å²) in [6.45, 7) is 3.00. The average Bonchev–Trinajstić information content (AvgIpc) is 3.26. The van der Waals surface area contributed by atoms with Gasteiger partial charge in [-0.05, 0) is 56.3 Å². The van der Waals surface area contributed by atoms with Crippen LogP contribution in [0.2, 0.25) is 0 Å². The summed E-state index contributed by atoms with van der Waals surface area (Å²) in [7, 11) is 0. The number of aromatic amines is 1. The zero-order valence-electron chi connectivity index (χ0n) is 16.6. The van der Waals surface area contributed by atoms with Crippen molar-refractivity contribution in [1.82, 2.24) is 19.8 Å². The first kappa shape index (κ1) is 19.9. The molecule has 29 heavy (non-hydrogen) atoms. The predicted octanol–water partition coefficient (Wildman–Crippen LogP) is 2.71. The average molecular weight is 400 g/mol. The Morgan fingerprint density at radius 3 is 2.86 bits per heavy atom. The third-order valence-corrected chi connectivity index (χ3v) is 6.30. The van der Waals surface area contributed by atoms with Crippen molar-refractivity contribution >= 4 is 5.91 Å². The third kappa shape index (κ3) is 4.29. The van der Waals surface area contributed by atoms with Gasteiger partial charge in [0.2, 0.25) is 0 Å². The number of halogens is 1. The molecule has 3 atom stereocenters. The van der Waals surface area contributed by atoms with Crippen LogP contribution in [0.4, 0.5) is 4.39 Å². The molecule has 2 bridgehead atoms. The number of unbranched alkanes of at least 4 members (excludes halogenated alkanes) is 2. The summed E-state index contributed by atoms with van der Waals surface area (Å²) >= 11 is 0. The highest BCUT2D eigenvalue weighted by Crippen LogP contribution is 2.40. The van der Waals surface area contributed by atoms with Crippen molar-refractivity contribution < 1.29 is 9.18 Å². The normalized spacial score (nSPS) is 23.6. The molecule has 1 saturated heterocycles. The van der Waals surface area contributed by atoms with E-state index in [9.17, 15) is 14.0 Å². The van der Waals surface area contributed by atoms with Crippen LogP contribution in [0.1, 0.15) is 53.8 Å². The number of H-pyrrole nitrogens is 1. The first-order valence-electron chi connectivity index (χ1n) is 10.6. The molecule has 2 aromatic heterocycles. The number of likely N-dealkylation sites (tertiary alicyclic amines) is 1. The summed E-state index contributed by atoms with van der Waals surface area (Å²) in [5.41, 5.74) is 1.60. The third-order valence-electron chi connectivity index (χ3n) is 6.30. The van der Waals surface area contributed by atoms with Gasteiger partial charge in [0.1, 0.15) is 5.69 Å². The molecule has 1 fully saturated rings. The topological polar surface area (TPSA) is 70.1 Å². The number of aromatic nitrogens is 2. The van der Waals surface area contributed by atoms with Gasteiger partial charge in [-0.2, -0.15) is 0 Å². The van der Waals surface area contributed by atoms with Gasteiger partial charge in [-0.25, -0.2) is 0 Å². The minimum atomic E-state index is -0.246. The fourth-order valence-electron chi connectivity index (χ4n) is 4.95. The Morgan fingerprint density at radius 2 is 2.07 bits per heavy atom. The van der Waals surface area contributed by atoms with Crippen molar-refractivity contribution in [3.05, 3.63) is 58.3 Å². The number of nitrogens with zero attached hydrogens (tertiary/aromatic N) is 2. The summed E-state index contributed by atoms with van der Waals surface area (Å²) < 4.78 is 14.3. The fraction of sp³-hybridized carbons (Fsp3) is 0.545. The number of hydrogen-bond acceptors (Lipinski definition) is 3. The second-order valence-electron chi connectivity index (χ2n) is 8.22. The number of amides is 1. The van der Waals surface area contributed by atoms with E-state index in [4.69, 9.17) is 0 Å². The lowest BCUT2D eigenvalue weighted by Crippen LogP contribution is -2.52. The number of pyridine rings is 1. The molecule has 2 aliphatic heterocycles. The molecular weight excluding hydrogens is 371 g/mol. The SMILES string of the molecule is O=C(NC[C@H]1[C@H]2C[C@H](CN(CCCCCF)C2)c2cccc(=O)n21)c1ccc[nH]1. The van der Waals surface area contributed by atoms with Crippen molar-refractivity contribution in [2.24, 2.45) is 5.92 Å². The van der Waals surface area contributed by atoms with E-state index < -0.39 is 0 Å². The molecule has 2 aliphatic rings. The van der Waals surface area contributed by atoms with Crippen LogP contribution in [0.5, 0.6) is 0 Å². The zero-order valence-corrected chi connectivity index (χ0v) is 16.6. The smallest absolute Gasteiger partial charge is 0.267 e. The van der Waals surface area contributed by atoms with E-state index in [1.807, 2.05) is 10.6 Å². The molecule has 6 nitrogen and oxygen atoms in total. The van der Waals surface area contributed by atoms with Gasteiger partial charge in [-0.1, -0.05) is 6.07 Å². The molecule has 156 valence electrons. The Hall–Kier alpha value is -2.41. The largest absolute Gasteiger partial charge is 0.357 e. The van der Waals surface area contributed by atoms with Crippen molar-refractivity contribution in [3.63, 3.8) is 0 Å². The van der Waals surface area contributed by atoms with Crippen molar-refractivity contribution in [3.8, 4) is 0 Å². The molecular formula is C22H29FN4O2. The quantitative estimate of drug-likeness (QED) is 0.670. The first-order valence-corrected chi connectivity index (χ1v) is 10.6. The molecule has 0 spiro atoms. The summed E-state index contributed by atoms with van der Waals surface area (Å²) in [5.74, 6) is 0.493. The second-order valence-corrected chi connectivity index (χ2v) is 8.22. The standard InChI is InChI=1S/C22H29FN4O2/c23-9-2-1-3-11-26-14-16-12-17(15-26)20(27-19(16)7-4-8-21(27)28)13-25-22(29)18-6-5-10-24-18/h4-8,10,16-17,20,24H,1-3,9,11-15H2,(H,25,29)/t16-,17+,20+/m1/s1. The maximum Gasteiger partial charge on any atom is 0.267 e. The monoisotopic (exact) mass is 400 g/mol. The summed E-state index contributed by atoms with van der Waals surface area (Å²) in [4.78, 5) is 30.5. The van der Waals surface area contributed by atoms with Gasteiger partial charge in [0, 0.05) is 43.5 Å². The Balaban J connectivity index is 1.51. The van der Waals surface area contributed by atoms with E-state index >= 15 is 0 Å². The van der Waals surface area contributed by atoms with Gasteiger partial charge in [0.25, 0.3) is 11.5 Å². The minimum absolute atomic E-state index is 0.00715. The van der Waals surface area contributed by atoms with Gasteiger partial charge in [-0.3, -0.25) is 14.0 Å². The highest BCUT2D eigenvalue weighted by atomic mass is 19.1. The number of piperidine rings is 1. The number of carbonyl (C=O) groups is 1.